The van der Waals surface area contributed by atoms with E-state index in [4.69, 9.17) is 4.74 Å². The highest BCUT2D eigenvalue weighted by Gasteiger charge is 2.14. The topological polar surface area (TPSA) is 24.5 Å². The van der Waals surface area contributed by atoms with Crippen molar-refractivity contribution < 1.29 is 4.74 Å². The lowest BCUT2D eigenvalue weighted by Gasteiger charge is -2.25. The van der Waals surface area contributed by atoms with Crippen LogP contribution in [-0.2, 0) is 0 Å². The normalized spacial score (nSPS) is 14.4. The number of likely N-dealkylation sites (N-methyl/N-ethyl adjacent to an activating group) is 1. The van der Waals surface area contributed by atoms with Crippen LogP contribution in [0.4, 0.5) is 5.69 Å². The minimum atomic E-state index is 0.749. The fraction of sp³-hybridized carbons (Fsp3) is 0.273. The Hall–Kier alpha value is -1.48. The smallest absolute Gasteiger partial charge is 0.150 e. The van der Waals surface area contributed by atoms with E-state index in [1.807, 2.05) is 44.6 Å². The monoisotopic (exact) mass is 190 g/mol. The van der Waals surface area contributed by atoms with E-state index in [0.29, 0.717) is 0 Å². The van der Waals surface area contributed by atoms with Crippen molar-refractivity contribution in [2.45, 2.75) is 0 Å². The predicted octanol–water partition coefficient (Wildman–Crippen LogP) is 1.58. The molecule has 0 saturated heterocycles. The maximum Gasteiger partial charge on any atom is 0.150 e. The fourth-order valence-electron chi connectivity index (χ4n) is 1.54. The number of ether oxygens (including phenoxy) is 1. The van der Waals surface area contributed by atoms with Gasteiger partial charge in [0.25, 0.3) is 0 Å². The first-order valence-electron chi connectivity index (χ1n) is 4.66. The molecule has 3 nitrogen and oxygen atoms in total. The van der Waals surface area contributed by atoms with Gasteiger partial charge < -0.3 is 15.0 Å². The van der Waals surface area contributed by atoms with Crippen LogP contribution >= 0.6 is 0 Å². The zero-order valence-corrected chi connectivity index (χ0v) is 8.45. The molecule has 0 fully saturated rings. The summed E-state index contributed by atoms with van der Waals surface area (Å²) >= 11 is 0. The molecule has 0 unspecified atom stereocenters. The highest BCUT2D eigenvalue weighted by Crippen LogP contribution is 2.32. The lowest BCUT2D eigenvalue weighted by atomic mass is 10.2. The van der Waals surface area contributed by atoms with Gasteiger partial charge in [0.15, 0.2) is 5.75 Å². The predicted molar refractivity (Wildman–Crippen MR) is 57.5 cm³/mol. The van der Waals surface area contributed by atoms with Gasteiger partial charge in [-0.15, -0.1) is 0 Å². The Bertz CT molecular complexity index is 360. The van der Waals surface area contributed by atoms with Gasteiger partial charge in [0, 0.05) is 13.2 Å². The van der Waals surface area contributed by atoms with Crippen LogP contribution < -0.4 is 15.0 Å². The van der Waals surface area contributed by atoms with E-state index >= 15 is 0 Å². The van der Waals surface area contributed by atoms with Gasteiger partial charge in [-0.25, -0.2) is 0 Å². The van der Waals surface area contributed by atoms with Crippen LogP contribution in [0.2, 0.25) is 0 Å². The Morgan fingerprint density at radius 2 is 2.14 bits per heavy atom. The molecule has 1 aliphatic heterocycles. The van der Waals surface area contributed by atoms with E-state index in [1.54, 1.807) is 0 Å². The Balaban J connectivity index is 2.28. The average molecular weight is 190 g/mol. The van der Waals surface area contributed by atoms with Gasteiger partial charge in [-0.2, -0.15) is 0 Å². The molecule has 1 N–H and O–H groups in total. The summed E-state index contributed by atoms with van der Waals surface area (Å²) < 4.78 is 5.70. The molecule has 1 heterocycles. The first-order chi connectivity index (χ1) is 6.81. The van der Waals surface area contributed by atoms with Crippen molar-refractivity contribution in [1.29, 1.82) is 0 Å². The van der Waals surface area contributed by atoms with Crippen molar-refractivity contribution in [3.8, 4) is 5.75 Å². The molecule has 0 radical (unpaired) electrons. The van der Waals surface area contributed by atoms with E-state index in [2.05, 4.69) is 10.2 Å². The minimum absolute atomic E-state index is 0.749. The highest BCUT2D eigenvalue weighted by molar-refractivity contribution is 5.62. The van der Waals surface area contributed by atoms with E-state index in [-0.39, 0.29) is 0 Å². The van der Waals surface area contributed by atoms with Gasteiger partial charge in [0.1, 0.15) is 5.76 Å². The first-order valence-corrected chi connectivity index (χ1v) is 4.66. The first kappa shape index (κ1) is 9.09. The standard InChI is InChI=1S/C11H14N2O/c1-12-7-9-8-13(2)10-5-3-4-6-11(10)14-9/h3-6,8,12H,7H2,1-2H3. The lowest BCUT2D eigenvalue weighted by molar-refractivity contribution is 0.399. The summed E-state index contributed by atoms with van der Waals surface area (Å²) in [5.74, 6) is 1.86. The van der Waals surface area contributed by atoms with E-state index < -0.39 is 0 Å². The van der Waals surface area contributed by atoms with Crippen LogP contribution in [0.5, 0.6) is 5.75 Å². The summed E-state index contributed by atoms with van der Waals surface area (Å²) in [5.41, 5.74) is 1.10. The van der Waals surface area contributed by atoms with Gasteiger partial charge in [-0.05, 0) is 19.2 Å². The van der Waals surface area contributed by atoms with Crippen LogP contribution in [-0.4, -0.2) is 20.6 Å². The molecule has 1 aliphatic rings. The Kier molecular flexibility index (Phi) is 2.41. The largest absolute Gasteiger partial charge is 0.457 e. The summed E-state index contributed by atoms with van der Waals surface area (Å²) in [6.45, 7) is 0.749. The summed E-state index contributed by atoms with van der Waals surface area (Å²) in [4.78, 5) is 2.07. The summed E-state index contributed by atoms with van der Waals surface area (Å²) in [6, 6.07) is 8.01. The number of hydrogen-bond acceptors (Lipinski definition) is 3. The van der Waals surface area contributed by atoms with Gasteiger partial charge in [-0.3, -0.25) is 0 Å². The molecule has 0 aliphatic carbocycles. The second-order valence-corrected chi connectivity index (χ2v) is 3.31. The van der Waals surface area contributed by atoms with E-state index in [9.17, 15) is 0 Å². The molecule has 1 aromatic carbocycles. The third-order valence-corrected chi connectivity index (χ3v) is 2.17. The molecular formula is C11H14N2O. The third-order valence-electron chi connectivity index (χ3n) is 2.17. The van der Waals surface area contributed by atoms with Gasteiger partial charge in [-0.1, -0.05) is 12.1 Å². The molecule has 74 valence electrons. The van der Waals surface area contributed by atoms with Gasteiger partial charge in [0.2, 0.25) is 0 Å². The van der Waals surface area contributed by atoms with Crippen LogP contribution in [0, 0.1) is 0 Å². The van der Waals surface area contributed by atoms with Gasteiger partial charge >= 0.3 is 0 Å². The third kappa shape index (κ3) is 1.59. The van der Waals surface area contributed by atoms with Crippen LogP contribution in [0.1, 0.15) is 0 Å². The van der Waals surface area contributed by atoms with Crippen molar-refractivity contribution in [3.05, 3.63) is 36.2 Å². The number of fused-ring (bicyclic) bond motifs is 1. The van der Waals surface area contributed by atoms with Crippen molar-refractivity contribution in [3.63, 3.8) is 0 Å². The molecule has 0 saturated carbocycles. The maximum atomic E-state index is 5.70. The molecule has 0 atom stereocenters. The number of rotatable bonds is 2. The average Bonchev–Trinajstić information content (AvgIpc) is 2.18. The highest BCUT2D eigenvalue weighted by atomic mass is 16.5. The van der Waals surface area contributed by atoms with Crippen molar-refractivity contribution >= 4 is 5.69 Å². The number of para-hydroxylation sites is 2. The summed E-state index contributed by atoms with van der Waals surface area (Å²) in [7, 11) is 3.93. The Morgan fingerprint density at radius 3 is 2.93 bits per heavy atom. The number of anilines is 1. The molecule has 3 heteroatoms. The van der Waals surface area contributed by atoms with Crippen LogP contribution in [0.3, 0.4) is 0 Å². The molecule has 2 rings (SSSR count). The minimum Gasteiger partial charge on any atom is -0.457 e. The number of nitrogens with zero attached hydrogens (tertiary/aromatic N) is 1. The molecule has 0 amide bonds. The van der Waals surface area contributed by atoms with Crippen LogP contribution in [0.25, 0.3) is 0 Å². The van der Waals surface area contributed by atoms with Crippen molar-refractivity contribution in [1.82, 2.24) is 5.32 Å². The number of hydrogen-bond donors (Lipinski definition) is 1. The van der Waals surface area contributed by atoms with E-state index in [1.165, 1.54) is 0 Å². The molecular weight excluding hydrogens is 176 g/mol. The Morgan fingerprint density at radius 1 is 1.36 bits per heavy atom. The SMILES string of the molecule is CNCC1=CN(C)c2ccccc2O1. The summed E-state index contributed by atoms with van der Waals surface area (Å²) in [6.07, 6.45) is 2.00. The zero-order chi connectivity index (χ0) is 9.97. The quantitative estimate of drug-likeness (QED) is 0.766. The lowest BCUT2D eigenvalue weighted by Crippen LogP contribution is -2.23. The van der Waals surface area contributed by atoms with Crippen molar-refractivity contribution in [2.24, 2.45) is 0 Å². The molecule has 14 heavy (non-hydrogen) atoms. The molecule has 0 aromatic heterocycles. The Labute approximate surface area is 84.0 Å². The summed E-state index contributed by atoms with van der Waals surface area (Å²) in [5, 5.41) is 3.07. The van der Waals surface area contributed by atoms with Gasteiger partial charge in [0.05, 0.1) is 12.2 Å². The number of nitrogens with one attached hydrogen (secondary N) is 1. The second-order valence-electron chi connectivity index (χ2n) is 3.31. The molecule has 1 aromatic rings. The van der Waals surface area contributed by atoms with Crippen LogP contribution in [0.15, 0.2) is 36.2 Å². The fourth-order valence-corrected chi connectivity index (χ4v) is 1.54. The van der Waals surface area contributed by atoms with Crippen molar-refractivity contribution in [2.75, 3.05) is 25.5 Å². The van der Waals surface area contributed by atoms with E-state index in [0.717, 1.165) is 23.7 Å². The molecule has 0 spiro atoms. The molecule has 0 bridgehead atoms. The zero-order valence-electron chi connectivity index (χ0n) is 8.45. The maximum absolute atomic E-state index is 5.70. The number of benzene rings is 1. The second kappa shape index (κ2) is 3.72.